The highest BCUT2D eigenvalue weighted by Gasteiger charge is 2.12. The molecule has 0 aliphatic heterocycles. The highest BCUT2D eigenvalue weighted by molar-refractivity contribution is 5.77. The smallest absolute Gasteiger partial charge is 0.310 e. The first-order chi connectivity index (χ1) is 8.54. The molecule has 18 heavy (non-hydrogen) atoms. The van der Waals surface area contributed by atoms with Gasteiger partial charge in [-0.3, -0.25) is 9.59 Å². The van der Waals surface area contributed by atoms with E-state index in [0.717, 1.165) is 11.1 Å². The van der Waals surface area contributed by atoms with Crippen LogP contribution in [0.5, 0.6) is 0 Å². The van der Waals surface area contributed by atoms with E-state index in [-0.39, 0.29) is 12.5 Å². The number of aliphatic carboxylic acids is 1. The van der Waals surface area contributed by atoms with Crippen molar-refractivity contribution in [2.75, 3.05) is 13.6 Å². The van der Waals surface area contributed by atoms with Crippen molar-refractivity contribution in [3.8, 4) is 0 Å². The summed E-state index contributed by atoms with van der Waals surface area (Å²) >= 11 is 0. The maximum absolute atomic E-state index is 11.0. The average molecular weight is 250 g/mol. The molecule has 1 atom stereocenters. The Morgan fingerprint density at radius 1 is 1.28 bits per heavy atom. The molecule has 0 bridgehead atoms. The van der Waals surface area contributed by atoms with Crippen LogP contribution in [-0.4, -0.2) is 30.6 Å². The number of carbonyl (C=O) groups is 2. The van der Waals surface area contributed by atoms with Gasteiger partial charge in [-0.15, -0.1) is 0 Å². The molecule has 98 valence electrons. The SMILES string of the molecule is CNC(=O)CNCc1ccc(C(C)C(=O)O)cc1. The first kappa shape index (κ1) is 14.2. The Bertz CT molecular complexity index is 415. The number of carbonyl (C=O) groups excluding carboxylic acids is 1. The lowest BCUT2D eigenvalue weighted by Gasteiger charge is -2.08. The predicted octanol–water partition coefficient (Wildman–Crippen LogP) is 0.710. The molecule has 1 unspecified atom stereocenters. The van der Waals surface area contributed by atoms with E-state index in [9.17, 15) is 9.59 Å². The average Bonchev–Trinajstić information content (AvgIpc) is 2.38. The van der Waals surface area contributed by atoms with Crippen LogP contribution in [0.15, 0.2) is 24.3 Å². The van der Waals surface area contributed by atoms with Gasteiger partial charge in [-0.05, 0) is 18.1 Å². The number of benzene rings is 1. The highest BCUT2D eigenvalue weighted by Crippen LogP contribution is 2.15. The van der Waals surface area contributed by atoms with E-state index in [1.54, 1.807) is 26.1 Å². The number of rotatable bonds is 6. The van der Waals surface area contributed by atoms with E-state index in [1.165, 1.54) is 0 Å². The summed E-state index contributed by atoms with van der Waals surface area (Å²) in [5, 5.41) is 14.4. The summed E-state index contributed by atoms with van der Waals surface area (Å²) in [5.41, 5.74) is 1.79. The zero-order chi connectivity index (χ0) is 13.5. The zero-order valence-electron chi connectivity index (χ0n) is 10.6. The summed E-state index contributed by atoms with van der Waals surface area (Å²) in [4.78, 5) is 21.8. The minimum absolute atomic E-state index is 0.0638. The van der Waals surface area contributed by atoms with Crippen molar-refractivity contribution < 1.29 is 14.7 Å². The fraction of sp³-hybridized carbons (Fsp3) is 0.385. The van der Waals surface area contributed by atoms with Crippen LogP contribution in [-0.2, 0) is 16.1 Å². The summed E-state index contributed by atoms with van der Waals surface area (Å²) in [6, 6.07) is 7.34. The van der Waals surface area contributed by atoms with Gasteiger partial charge < -0.3 is 15.7 Å². The molecule has 0 aromatic heterocycles. The van der Waals surface area contributed by atoms with Gasteiger partial charge in [-0.2, -0.15) is 0 Å². The normalized spacial score (nSPS) is 11.9. The van der Waals surface area contributed by atoms with Crippen molar-refractivity contribution in [2.45, 2.75) is 19.4 Å². The van der Waals surface area contributed by atoms with Crippen molar-refractivity contribution in [2.24, 2.45) is 0 Å². The molecule has 3 N–H and O–H groups in total. The quantitative estimate of drug-likeness (QED) is 0.695. The second-order valence-corrected chi connectivity index (χ2v) is 4.08. The van der Waals surface area contributed by atoms with E-state index in [2.05, 4.69) is 10.6 Å². The first-order valence-corrected chi connectivity index (χ1v) is 5.77. The Labute approximate surface area is 106 Å². The maximum Gasteiger partial charge on any atom is 0.310 e. The van der Waals surface area contributed by atoms with Gasteiger partial charge in [0.25, 0.3) is 0 Å². The maximum atomic E-state index is 11.0. The van der Waals surface area contributed by atoms with Crippen molar-refractivity contribution >= 4 is 11.9 Å². The Balaban J connectivity index is 2.50. The molecule has 1 aromatic carbocycles. The molecular formula is C13H18N2O3. The second kappa shape index (κ2) is 6.76. The number of amides is 1. The van der Waals surface area contributed by atoms with Gasteiger partial charge >= 0.3 is 5.97 Å². The molecule has 0 saturated carbocycles. The molecule has 0 heterocycles. The molecule has 0 fully saturated rings. The fourth-order valence-corrected chi connectivity index (χ4v) is 1.48. The topological polar surface area (TPSA) is 78.4 Å². The summed E-state index contributed by atoms with van der Waals surface area (Å²) in [6.45, 7) is 2.50. The summed E-state index contributed by atoms with van der Waals surface area (Å²) in [5.74, 6) is -1.40. The summed E-state index contributed by atoms with van der Waals surface area (Å²) in [7, 11) is 1.59. The number of nitrogens with one attached hydrogen (secondary N) is 2. The zero-order valence-corrected chi connectivity index (χ0v) is 10.6. The first-order valence-electron chi connectivity index (χ1n) is 5.77. The Hall–Kier alpha value is -1.88. The van der Waals surface area contributed by atoms with Crippen LogP contribution in [0.4, 0.5) is 0 Å². The van der Waals surface area contributed by atoms with Crippen LogP contribution in [0.25, 0.3) is 0 Å². The lowest BCUT2D eigenvalue weighted by atomic mass is 10.0. The van der Waals surface area contributed by atoms with E-state index in [0.29, 0.717) is 6.54 Å². The largest absolute Gasteiger partial charge is 0.481 e. The molecule has 0 radical (unpaired) electrons. The number of carboxylic acid groups (broad SMARTS) is 1. The molecule has 5 heteroatoms. The lowest BCUT2D eigenvalue weighted by molar-refractivity contribution is -0.138. The standard InChI is InChI=1S/C13H18N2O3/c1-9(13(17)18)11-5-3-10(4-6-11)7-15-8-12(16)14-2/h3-6,9,15H,7-8H2,1-2H3,(H,14,16)(H,17,18). The molecule has 0 saturated heterocycles. The van der Waals surface area contributed by atoms with Crippen molar-refractivity contribution in [3.63, 3.8) is 0 Å². The third-order valence-electron chi connectivity index (χ3n) is 2.74. The van der Waals surface area contributed by atoms with Gasteiger partial charge in [0.2, 0.25) is 5.91 Å². The molecular weight excluding hydrogens is 232 g/mol. The van der Waals surface area contributed by atoms with Crippen molar-refractivity contribution in [3.05, 3.63) is 35.4 Å². The van der Waals surface area contributed by atoms with Crippen molar-refractivity contribution in [1.82, 2.24) is 10.6 Å². The van der Waals surface area contributed by atoms with Crippen molar-refractivity contribution in [1.29, 1.82) is 0 Å². The van der Waals surface area contributed by atoms with Crippen LogP contribution in [0, 0.1) is 0 Å². The van der Waals surface area contributed by atoms with Crippen LogP contribution in [0.1, 0.15) is 24.0 Å². The highest BCUT2D eigenvalue weighted by atomic mass is 16.4. The summed E-state index contributed by atoms with van der Waals surface area (Å²) in [6.07, 6.45) is 0. The van der Waals surface area contributed by atoms with E-state index in [1.807, 2.05) is 12.1 Å². The Morgan fingerprint density at radius 2 is 1.89 bits per heavy atom. The minimum atomic E-state index is -0.833. The van der Waals surface area contributed by atoms with Gasteiger partial charge in [0.1, 0.15) is 0 Å². The number of hydrogen-bond donors (Lipinski definition) is 3. The molecule has 1 amide bonds. The predicted molar refractivity (Wildman–Crippen MR) is 68.3 cm³/mol. The second-order valence-electron chi connectivity index (χ2n) is 4.08. The molecule has 1 rings (SSSR count). The number of carboxylic acids is 1. The molecule has 0 aliphatic carbocycles. The number of hydrogen-bond acceptors (Lipinski definition) is 3. The Kier molecular flexibility index (Phi) is 5.32. The third kappa shape index (κ3) is 4.18. The fourth-order valence-electron chi connectivity index (χ4n) is 1.48. The Morgan fingerprint density at radius 3 is 2.39 bits per heavy atom. The van der Waals surface area contributed by atoms with Gasteiger partial charge in [-0.25, -0.2) is 0 Å². The number of likely N-dealkylation sites (N-methyl/N-ethyl adjacent to an activating group) is 1. The molecule has 5 nitrogen and oxygen atoms in total. The van der Waals surface area contributed by atoms with Gasteiger partial charge in [0.05, 0.1) is 12.5 Å². The van der Waals surface area contributed by atoms with Crippen LogP contribution in [0.2, 0.25) is 0 Å². The van der Waals surface area contributed by atoms with E-state index < -0.39 is 11.9 Å². The third-order valence-corrected chi connectivity index (χ3v) is 2.74. The lowest BCUT2D eigenvalue weighted by Crippen LogP contribution is -2.30. The van der Waals surface area contributed by atoms with Crippen LogP contribution in [0.3, 0.4) is 0 Å². The minimum Gasteiger partial charge on any atom is -0.481 e. The summed E-state index contributed by atoms with van der Waals surface area (Å²) < 4.78 is 0. The molecule has 0 spiro atoms. The molecule has 0 aliphatic rings. The van der Waals surface area contributed by atoms with Crippen LogP contribution < -0.4 is 10.6 Å². The van der Waals surface area contributed by atoms with Crippen LogP contribution >= 0.6 is 0 Å². The van der Waals surface area contributed by atoms with E-state index in [4.69, 9.17) is 5.11 Å². The van der Waals surface area contributed by atoms with E-state index >= 15 is 0 Å². The molecule has 1 aromatic rings. The van der Waals surface area contributed by atoms with Gasteiger partial charge in [0, 0.05) is 13.6 Å². The monoisotopic (exact) mass is 250 g/mol. The van der Waals surface area contributed by atoms with Gasteiger partial charge in [-0.1, -0.05) is 24.3 Å². The van der Waals surface area contributed by atoms with Gasteiger partial charge in [0.15, 0.2) is 0 Å².